The minimum Gasteiger partial charge on any atom is -0.453 e. The fourth-order valence-corrected chi connectivity index (χ4v) is 2.73. The van der Waals surface area contributed by atoms with Crippen LogP contribution in [-0.4, -0.2) is 21.1 Å². The van der Waals surface area contributed by atoms with E-state index in [4.69, 9.17) is 4.74 Å². The number of benzene rings is 2. The Morgan fingerprint density at radius 2 is 1.84 bits per heavy atom. The molecule has 4 aromatic rings. The number of anilines is 2. The van der Waals surface area contributed by atoms with Crippen molar-refractivity contribution in [3.63, 3.8) is 0 Å². The summed E-state index contributed by atoms with van der Waals surface area (Å²) in [6.07, 6.45) is 3.13. The van der Waals surface area contributed by atoms with Gasteiger partial charge in [0.1, 0.15) is 11.6 Å². The molecule has 0 spiro atoms. The first kappa shape index (κ1) is 20.0. The van der Waals surface area contributed by atoms with E-state index in [1.54, 1.807) is 54.7 Å². The van der Waals surface area contributed by atoms with Crippen molar-refractivity contribution in [3.05, 3.63) is 102 Å². The fraction of sp³-hybridized carbons (Fsp3) is 0.0435. The Hall–Kier alpha value is -4.33. The summed E-state index contributed by atoms with van der Waals surface area (Å²) in [5.41, 5.74) is 1.57. The smallest absolute Gasteiger partial charge is 0.276 e. The van der Waals surface area contributed by atoms with Crippen LogP contribution in [0.25, 0.3) is 0 Å². The maximum Gasteiger partial charge on any atom is 0.276 e. The van der Waals surface area contributed by atoms with Crippen molar-refractivity contribution in [1.82, 2.24) is 15.2 Å². The number of para-hydroxylation sites is 1. The van der Waals surface area contributed by atoms with Crippen LogP contribution in [0.15, 0.2) is 85.2 Å². The molecule has 0 aliphatic rings. The van der Waals surface area contributed by atoms with E-state index in [0.717, 1.165) is 0 Å². The van der Waals surface area contributed by atoms with E-state index in [1.807, 2.05) is 18.2 Å². The van der Waals surface area contributed by atoms with Crippen molar-refractivity contribution in [2.75, 3.05) is 10.6 Å². The van der Waals surface area contributed by atoms with Crippen LogP contribution in [0.4, 0.5) is 15.9 Å². The summed E-state index contributed by atoms with van der Waals surface area (Å²) in [5, 5.41) is 13.7. The zero-order chi connectivity index (χ0) is 21.5. The summed E-state index contributed by atoms with van der Waals surface area (Å²) < 4.78 is 19.8. The van der Waals surface area contributed by atoms with E-state index in [1.165, 1.54) is 12.3 Å². The number of nitrogens with zero attached hydrogens (tertiary/aromatic N) is 3. The van der Waals surface area contributed by atoms with Crippen LogP contribution < -0.4 is 15.4 Å². The number of carbonyl (C=O) groups excluding carboxylic acids is 1. The van der Waals surface area contributed by atoms with Gasteiger partial charge in [0.15, 0.2) is 17.3 Å². The van der Waals surface area contributed by atoms with Crippen molar-refractivity contribution in [2.45, 2.75) is 6.54 Å². The molecule has 7 nitrogen and oxygen atoms in total. The highest BCUT2D eigenvalue weighted by Crippen LogP contribution is 2.24. The second-order valence-corrected chi connectivity index (χ2v) is 6.53. The lowest BCUT2D eigenvalue weighted by atomic mass is 10.2. The van der Waals surface area contributed by atoms with E-state index in [2.05, 4.69) is 25.8 Å². The number of pyridine rings is 1. The normalized spacial score (nSPS) is 10.4. The van der Waals surface area contributed by atoms with E-state index in [0.29, 0.717) is 29.4 Å². The molecule has 0 fully saturated rings. The first-order valence-corrected chi connectivity index (χ1v) is 9.48. The highest BCUT2D eigenvalue weighted by Gasteiger charge is 2.09. The molecule has 0 saturated heterocycles. The van der Waals surface area contributed by atoms with Crippen LogP contribution in [0.3, 0.4) is 0 Å². The molecular formula is C23H18FN5O2. The highest BCUT2D eigenvalue weighted by molar-refractivity contribution is 6.02. The quantitative estimate of drug-likeness (QED) is 0.456. The van der Waals surface area contributed by atoms with Gasteiger partial charge in [0.25, 0.3) is 5.91 Å². The van der Waals surface area contributed by atoms with Gasteiger partial charge in [0.2, 0.25) is 0 Å². The van der Waals surface area contributed by atoms with Crippen LogP contribution in [-0.2, 0) is 6.54 Å². The third-order valence-electron chi connectivity index (χ3n) is 4.26. The van der Waals surface area contributed by atoms with Crippen LogP contribution >= 0.6 is 0 Å². The van der Waals surface area contributed by atoms with Crippen molar-refractivity contribution in [2.24, 2.45) is 0 Å². The predicted octanol–water partition coefficient (Wildman–Crippen LogP) is 4.67. The number of hydrogen-bond acceptors (Lipinski definition) is 6. The molecule has 0 unspecified atom stereocenters. The largest absolute Gasteiger partial charge is 0.453 e. The fourth-order valence-electron chi connectivity index (χ4n) is 2.73. The second kappa shape index (κ2) is 9.45. The molecule has 0 aliphatic heterocycles. The number of nitrogens with one attached hydrogen (secondary N) is 2. The SMILES string of the molecule is O=C(Nc1ccccc1)c1ccc(NCc2ccc(Oc3cccnc3)c(F)c2)nn1. The molecule has 2 heterocycles. The molecule has 4 rings (SSSR count). The molecule has 8 heteroatoms. The minimum absolute atomic E-state index is 0.116. The third kappa shape index (κ3) is 5.39. The maximum atomic E-state index is 14.3. The summed E-state index contributed by atoms with van der Waals surface area (Å²) in [4.78, 5) is 16.1. The van der Waals surface area contributed by atoms with Gasteiger partial charge < -0.3 is 15.4 Å². The number of halogens is 1. The van der Waals surface area contributed by atoms with Gasteiger partial charge in [-0.2, -0.15) is 0 Å². The molecule has 31 heavy (non-hydrogen) atoms. The van der Waals surface area contributed by atoms with Gasteiger partial charge in [0, 0.05) is 18.4 Å². The van der Waals surface area contributed by atoms with E-state index < -0.39 is 5.82 Å². The van der Waals surface area contributed by atoms with Crippen molar-refractivity contribution in [3.8, 4) is 11.5 Å². The van der Waals surface area contributed by atoms with Crippen LogP contribution in [0.2, 0.25) is 0 Å². The average molecular weight is 415 g/mol. The second-order valence-electron chi connectivity index (χ2n) is 6.53. The van der Waals surface area contributed by atoms with Crippen LogP contribution in [0.1, 0.15) is 16.1 Å². The number of hydrogen-bond donors (Lipinski definition) is 2. The maximum absolute atomic E-state index is 14.3. The Morgan fingerprint density at radius 1 is 0.968 bits per heavy atom. The molecule has 1 amide bonds. The summed E-state index contributed by atoms with van der Waals surface area (Å²) >= 11 is 0. The molecule has 0 bridgehead atoms. The third-order valence-corrected chi connectivity index (χ3v) is 4.26. The topological polar surface area (TPSA) is 89.0 Å². The summed E-state index contributed by atoms with van der Waals surface area (Å²) in [6, 6.07) is 20.4. The number of aromatic nitrogens is 3. The predicted molar refractivity (Wildman–Crippen MR) is 114 cm³/mol. The van der Waals surface area contributed by atoms with Gasteiger partial charge in [-0.1, -0.05) is 24.3 Å². The molecule has 2 aromatic carbocycles. The van der Waals surface area contributed by atoms with Gasteiger partial charge in [0.05, 0.1) is 6.20 Å². The van der Waals surface area contributed by atoms with Crippen molar-refractivity contribution >= 4 is 17.4 Å². The highest BCUT2D eigenvalue weighted by atomic mass is 19.1. The lowest BCUT2D eigenvalue weighted by Crippen LogP contribution is -2.14. The minimum atomic E-state index is -0.484. The monoisotopic (exact) mass is 415 g/mol. The van der Waals surface area contributed by atoms with Gasteiger partial charge in [-0.25, -0.2) is 4.39 Å². The lowest BCUT2D eigenvalue weighted by Gasteiger charge is -2.09. The molecule has 0 atom stereocenters. The Morgan fingerprint density at radius 3 is 2.55 bits per heavy atom. The van der Waals surface area contributed by atoms with Crippen molar-refractivity contribution in [1.29, 1.82) is 0 Å². The summed E-state index contributed by atoms with van der Waals surface area (Å²) in [6.45, 7) is 0.328. The number of rotatable bonds is 7. The van der Waals surface area contributed by atoms with Crippen molar-refractivity contribution < 1.29 is 13.9 Å². The lowest BCUT2D eigenvalue weighted by molar-refractivity contribution is 0.102. The summed E-state index contributed by atoms with van der Waals surface area (Å²) in [7, 11) is 0. The average Bonchev–Trinajstić information content (AvgIpc) is 2.81. The number of carbonyl (C=O) groups is 1. The standard InChI is InChI=1S/C23H18FN5O2/c24-19-13-16(8-10-21(19)31-18-7-4-12-25-15-18)14-26-22-11-9-20(28-29-22)23(30)27-17-5-2-1-3-6-17/h1-13,15H,14H2,(H,26,29)(H,27,30). The summed E-state index contributed by atoms with van der Waals surface area (Å²) in [5.74, 6) is 0.204. The van der Waals surface area contributed by atoms with E-state index in [9.17, 15) is 9.18 Å². The molecule has 2 N–H and O–H groups in total. The molecule has 0 saturated carbocycles. The zero-order valence-electron chi connectivity index (χ0n) is 16.3. The first-order chi connectivity index (χ1) is 15.2. The number of ether oxygens (including phenoxy) is 1. The van der Waals surface area contributed by atoms with E-state index in [-0.39, 0.29) is 17.4 Å². The Labute approximate surface area is 178 Å². The molecule has 0 aliphatic carbocycles. The number of amides is 1. The molecule has 154 valence electrons. The van der Waals surface area contributed by atoms with Gasteiger partial charge in [-0.3, -0.25) is 9.78 Å². The van der Waals surface area contributed by atoms with Crippen LogP contribution in [0.5, 0.6) is 11.5 Å². The Balaban J connectivity index is 1.34. The zero-order valence-corrected chi connectivity index (χ0v) is 16.3. The van der Waals surface area contributed by atoms with E-state index >= 15 is 0 Å². The molecule has 2 aromatic heterocycles. The first-order valence-electron chi connectivity index (χ1n) is 9.48. The van der Waals surface area contributed by atoms with Gasteiger partial charge in [-0.05, 0) is 54.1 Å². The Kier molecular flexibility index (Phi) is 6.08. The Bertz CT molecular complexity index is 1160. The van der Waals surface area contributed by atoms with Gasteiger partial charge >= 0.3 is 0 Å². The molecular weight excluding hydrogens is 397 g/mol. The van der Waals surface area contributed by atoms with Crippen LogP contribution in [0, 0.1) is 5.82 Å². The van der Waals surface area contributed by atoms with Gasteiger partial charge in [-0.15, -0.1) is 10.2 Å². The molecule has 0 radical (unpaired) electrons.